The van der Waals surface area contributed by atoms with E-state index in [4.69, 9.17) is 5.73 Å². The molecule has 1 aromatic carbocycles. The van der Waals surface area contributed by atoms with Gasteiger partial charge in [0.1, 0.15) is 5.75 Å². The Hall–Kier alpha value is -1.35. The lowest BCUT2D eigenvalue weighted by Crippen LogP contribution is -2.03. The van der Waals surface area contributed by atoms with Gasteiger partial charge in [-0.2, -0.15) is 0 Å². The highest BCUT2D eigenvalue weighted by Crippen LogP contribution is 2.16. The number of phenolic OH excluding ortho intramolecular Hbond substituents is 1. The summed E-state index contributed by atoms with van der Waals surface area (Å²) >= 11 is 0. The minimum Gasteiger partial charge on any atom is -0.508 e. The molecule has 0 fully saturated rings. The van der Waals surface area contributed by atoms with E-state index < -0.39 is 0 Å². The molecule has 0 aliphatic carbocycles. The molecule has 0 saturated heterocycles. The molecule has 0 atom stereocenters. The van der Waals surface area contributed by atoms with E-state index in [1.54, 1.807) is 12.1 Å². The van der Waals surface area contributed by atoms with E-state index in [1.165, 1.54) is 13.0 Å². The van der Waals surface area contributed by atoms with E-state index in [0.29, 0.717) is 18.5 Å². The van der Waals surface area contributed by atoms with Crippen molar-refractivity contribution in [2.75, 3.05) is 6.54 Å². The minimum absolute atomic E-state index is 0.0471. The number of phenols is 1. The molecular weight excluding hydrogens is 166 g/mol. The Morgan fingerprint density at radius 1 is 1.46 bits per heavy atom. The Morgan fingerprint density at radius 3 is 2.69 bits per heavy atom. The van der Waals surface area contributed by atoms with E-state index in [2.05, 4.69) is 0 Å². The second-order valence-corrected chi connectivity index (χ2v) is 2.98. The van der Waals surface area contributed by atoms with Gasteiger partial charge in [-0.15, -0.1) is 0 Å². The van der Waals surface area contributed by atoms with Crippen molar-refractivity contribution in [1.82, 2.24) is 0 Å². The van der Waals surface area contributed by atoms with Crippen LogP contribution in [0.5, 0.6) is 5.75 Å². The molecule has 1 aromatic rings. The molecule has 1 rings (SSSR count). The van der Waals surface area contributed by atoms with Gasteiger partial charge in [-0.1, -0.05) is 0 Å². The maximum Gasteiger partial charge on any atom is 0.159 e. The molecule has 0 aromatic heterocycles. The molecular formula is C10H13NO2. The average molecular weight is 179 g/mol. The third-order valence-electron chi connectivity index (χ3n) is 1.82. The van der Waals surface area contributed by atoms with Crippen LogP contribution in [-0.2, 0) is 6.42 Å². The molecule has 0 unspecified atom stereocenters. The van der Waals surface area contributed by atoms with Gasteiger partial charge in [0.2, 0.25) is 0 Å². The number of aromatic hydroxyl groups is 1. The summed E-state index contributed by atoms with van der Waals surface area (Å²) in [5.74, 6) is 0.0744. The number of carbonyl (C=O) groups excluding carboxylic acids is 1. The van der Waals surface area contributed by atoms with Crippen LogP contribution in [-0.4, -0.2) is 17.4 Å². The fraction of sp³-hybridized carbons (Fsp3) is 0.300. The monoisotopic (exact) mass is 179 g/mol. The summed E-state index contributed by atoms with van der Waals surface area (Å²) in [6, 6.07) is 4.84. The number of hydrogen-bond acceptors (Lipinski definition) is 3. The van der Waals surface area contributed by atoms with Crippen LogP contribution >= 0.6 is 0 Å². The van der Waals surface area contributed by atoms with Crippen molar-refractivity contribution in [3.05, 3.63) is 29.3 Å². The van der Waals surface area contributed by atoms with Gasteiger partial charge in [-0.3, -0.25) is 4.79 Å². The third-order valence-corrected chi connectivity index (χ3v) is 1.82. The van der Waals surface area contributed by atoms with Crippen molar-refractivity contribution in [3.63, 3.8) is 0 Å². The van der Waals surface area contributed by atoms with Crippen molar-refractivity contribution in [2.24, 2.45) is 5.73 Å². The molecule has 3 nitrogen and oxygen atoms in total. The zero-order valence-corrected chi connectivity index (χ0v) is 7.58. The first-order chi connectivity index (χ1) is 6.13. The second-order valence-electron chi connectivity index (χ2n) is 2.98. The lowest BCUT2D eigenvalue weighted by molar-refractivity contribution is 0.101. The zero-order valence-electron chi connectivity index (χ0n) is 7.58. The van der Waals surface area contributed by atoms with Gasteiger partial charge in [0.25, 0.3) is 0 Å². The smallest absolute Gasteiger partial charge is 0.159 e. The van der Waals surface area contributed by atoms with E-state index in [9.17, 15) is 9.90 Å². The molecule has 0 spiro atoms. The summed E-state index contributed by atoms with van der Waals surface area (Å²) in [7, 11) is 0. The van der Waals surface area contributed by atoms with Crippen LogP contribution in [0.1, 0.15) is 22.8 Å². The number of carbonyl (C=O) groups is 1. The molecule has 3 N–H and O–H groups in total. The predicted octanol–water partition coefficient (Wildman–Crippen LogP) is 1.10. The van der Waals surface area contributed by atoms with Gasteiger partial charge in [0, 0.05) is 5.56 Å². The first-order valence-electron chi connectivity index (χ1n) is 4.17. The SMILES string of the molecule is CC(=O)c1cc(O)cc(CCN)c1. The summed E-state index contributed by atoms with van der Waals surface area (Å²) < 4.78 is 0. The van der Waals surface area contributed by atoms with Crippen LogP contribution in [0.3, 0.4) is 0 Å². The summed E-state index contributed by atoms with van der Waals surface area (Å²) in [5, 5.41) is 9.28. The number of hydrogen-bond donors (Lipinski definition) is 2. The molecule has 0 radical (unpaired) electrons. The summed E-state index contributed by atoms with van der Waals surface area (Å²) in [6.07, 6.45) is 0.675. The number of rotatable bonds is 3. The van der Waals surface area contributed by atoms with Crippen LogP contribution in [0.2, 0.25) is 0 Å². The quantitative estimate of drug-likeness (QED) is 0.683. The molecule has 0 aliphatic heterocycles. The lowest BCUT2D eigenvalue weighted by Gasteiger charge is -2.02. The fourth-order valence-electron chi connectivity index (χ4n) is 1.19. The molecule has 0 bridgehead atoms. The van der Waals surface area contributed by atoms with Gasteiger partial charge in [0.15, 0.2) is 5.78 Å². The van der Waals surface area contributed by atoms with E-state index >= 15 is 0 Å². The number of benzene rings is 1. The molecule has 0 heterocycles. The Bertz CT molecular complexity index is 321. The first-order valence-corrected chi connectivity index (χ1v) is 4.17. The third kappa shape index (κ3) is 2.56. The largest absolute Gasteiger partial charge is 0.508 e. The van der Waals surface area contributed by atoms with E-state index in [1.807, 2.05) is 0 Å². The Morgan fingerprint density at radius 2 is 2.15 bits per heavy atom. The Labute approximate surface area is 77.2 Å². The van der Waals surface area contributed by atoms with Crippen molar-refractivity contribution in [1.29, 1.82) is 0 Å². The van der Waals surface area contributed by atoms with E-state index in [0.717, 1.165) is 5.56 Å². The van der Waals surface area contributed by atoms with Gasteiger partial charge in [-0.05, 0) is 43.7 Å². The normalized spacial score (nSPS) is 10.0. The highest BCUT2D eigenvalue weighted by atomic mass is 16.3. The van der Waals surface area contributed by atoms with Crippen LogP contribution in [0.15, 0.2) is 18.2 Å². The molecule has 0 saturated carbocycles. The second kappa shape index (κ2) is 4.05. The van der Waals surface area contributed by atoms with Gasteiger partial charge < -0.3 is 10.8 Å². The van der Waals surface area contributed by atoms with Crippen LogP contribution in [0.4, 0.5) is 0 Å². The van der Waals surface area contributed by atoms with Crippen molar-refractivity contribution >= 4 is 5.78 Å². The fourth-order valence-corrected chi connectivity index (χ4v) is 1.19. The first kappa shape index (κ1) is 9.74. The predicted molar refractivity (Wildman–Crippen MR) is 50.9 cm³/mol. The van der Waals surface area contributed by atoms with Crippen LogP contribution in [0, 0.1) is 0 Å². The maximum atomic E-state index is 11.0. The molecule has 0 aliphatic rings. The number of Topliss-reactive ketones (excluding diaryl/α,β-unsaturated/α-hetero) is 1. The molecule has 13 heavy (non-hydrogen) atoms. The Kier molecular flexibility index (Phi) is 3.03. The molecule has 70 valence electrons. The highest BCUT2D eigenvalue weighted by molar-refractivity contribution is 5.94. The molecule has 3 heteroatoms. The van der Waals surface area contributed by atoms with Crippen LogP contribution < -0.4 is 5.73 Å². The summed E-state index contributed by atoms with van der Waals surface area (Å²) in [4.78, 5) is 11.0. The van der Waals surface area contributed by atoms with Crippen LogP contribution in [0.25, 0.3) is 0 Å². The Balaban J connectivity index is 3.03. The average Bonchev–Trinajstić information content (AvgIpc) is 2.03. The number of nitrogens with two attached hydrogens (primary N) is 1. The summed E-state index contributed by atoms with van der Waals surface area (Å²) in [6.45, 7) is 1.99. The summed E-state index contributed by atoms with van der Waals surface area (Å²) in [5.41, 5.74) is 6.80. The topological polar surface area (TPSA) is 63.3 Å². The van der Waals surface area contributed by atoms with Crippen molar-refractivity contribution in [3.8, 4) is 5.75 Å². The lowest BCUT2D eigenvalue weighted by atomic mass is 10.1. The van der Waals surface area contributed by atoms with Crippen molar-refractivity contribution in [2.45, 2.75) is 13.3 Å². The minimum atomic E-state index is -0.0471. The van der Waals surface area contributed by atoms with Crippen molar-refractivity contribution < 1.29 is 9.90 Å². The highest BCUT2D eigenvalue weighted by Gasteiger charge is 2.03. The van der Waals surface area contributed by atoms with E-state index in [-0.39, 0.29) is 11.5 Å². The standard InChI is InChI=1S/C10H13NO2/c1-7(12)9-4-8(2-3-11)5-10(13)6-9/h4-6,13H,2-3,11H2,1H3. The van der Waals surface area contributed by atoms with Gasteiger partial charge in [0.05, 0.1) is 0 Å². The van der Waals surface area contributed by atoms with Gasteiger partial charge >= 0.3 is 0 Å². The zero-order chi connectivity index (χ0) is 9.84. The molecule has 0 amide bonds. The number of ketones is 1. The van der Waals surface area contributed by atoms with Gasteiger partial charge in [-0.25, -0.2) is 0 Å². The maximum absolute atomic E-state index is 11.0.